The topological polar surface area (TPSA) is 231 Å². The van der Waals surface area contributed by atoms with E-state index in [9.17, 15) is 43.5 Å². The summed E-state index contributed by atoms with van der Waals surface area (Å²) in [4.78, 5) is 59.0. The molecule has 0 spiro atoms. The lowest BCUT2D eigenvalue weighted by atomic mass is 10.0. The molecular weight excluding hydrogens is 1560 g/mol. The van der Waals surface area contributed by atoms with Crippen LogP contribution in [0, 0.1) is 0 Å². The molecule has 0 aromatic rings. The van der Waals surface area contributed by atoms with Crippen molar-refractivity contribution in [3.8, 4) is 0 Å². The molecule has 5 unspecified atom stereocenters. The molecule has 0 radical (unpaired) electrons. The first-order chi connectivity index (χ1) is 59.2. The number of aliphatic hydroxyl groups is 2. The van der Waals surface area contributed by atoms with Crippen LogP contribution in [0.15, 0.2) is 194 Å². The molecule has 0 heterocycles. The Labute approximate surface area is 737 Å². The Balaban J connectivity index is 4.56. The maximum atomic E-state index is 13.1. The van der Waals surface area contributed by atoms with Crippen molar-refractivity contribution >= 4 is 33.6 Å². The number of aliphatic hydroxyl groups excluding tert-OH is 2. The molecule has 121 heavy (non-hydrogen) atoms. The fourth-order valence-corrected chi connectivity index (χ4v) is 14.3. The highest BCUT2D eigenvalue weighted by molar-refractivity contribution is 7.47. The zero-order valence-corrected chi connectivity index (χ0v) is 77.9. The second kappa shape index (κ2) is 93.5. The molecule has 0 aliphatic rings. The van der Waals surface area contributed by atoms with Gasteiger partial charge in [0.05, 0.1) is 26.4 Å². The van der Waals surface area contributed by atoms with Crippen LogP contribution in [0.5, 0.6) is 0 Å². The zero-order valence-electron chi connectivity index (χ0n) is 76.1. The van der Waals surface area contributed by atoms with Gasteiger partial charge in [-0.25, -0.2) is 9.13 Å². The van der Waals surface area contributed by atoms with Gasteiger partial charge in [0, 0.05) is 19.3 Å². The molecule has 0 aliphatic carbocycles. The molecule has 0 amide bonds. The van der Waals surface area contributed by atoms with Gasteiger partial charge in [-0.3, -0.25) is 32.5 Å². The van der Waals surface area contributed by atoms with Crippen molar-refractivity contribution in [2.75, 3.05) is 39.6 Å². The minimum absolute atomic E-state index is 0.0440. The van der Waals surface area contributed by atoms with E-state index in [0.717, 1.165) is 161 Å². The van der Waals surface area contributed by atoms with Gasteiger partial charge >= 0.3 is 33.6 Å². The predicted molar refractivity (Wildman–Crippen MR) is 509 cm³/mol. The van der Waals surface area contributed by atoms with Gasteiger partial charge in [0.2, 0.25) is 0 Å². The van der Waals surface area contributed by atoms with E-state index in [2.05, 4.69) is 215 Å². The second-order valence-electron chi connectivity index (χ2n) is 31.4. The van der Waals surface area contributed by atoms with E-state index in [-0.39, 0.29) is 19.3 Å². The Morgan fingerprint density at radius 3 is 0.669 bits per heavy atom. The minimum Gasteiger partial charge on any atom is -0.463 e. The van der Waals surface area contributed by atoms with Gasteiger partial charge in [-0.1, -0.05) is 395 Å². The van der Waals surface area contributed by atoms with Crippen molar-refractivity contribution < 1.29 is 75.8 Å². The Morgan fingerprint density at radius 1 is 0.231 bits per heavy atom. The predicted octanol–water partition coefficient (Wildman–Crippen LogP) is 29.8. The zero-order chi connectivity index (χ0) is 87.9. The van der Waals surface area contributed by atoms with Crippen LogP contribution in [-0.4, -0.2) is 95.9 Å². The van der Waals surface area contributed by atoms with Crippen LogP contribution >= 0.6 is 15.6 Å². The number of allylic oxidation sites excluding steroid dienone is 32. The number of ether oxygens (including phenoxy) is 3. The number of carbonyl (C=O) groups excluding carboxylic acids is 3. The number of rotatable bonds is 89. The largest absolute Gasteiger partial charge is 0.472 e. The highest BCUT2D eigenvalue weighted by Gasteiger charge is 2.29. The summed E-state index contributed by atoms with van der Waals surface area (Å²) in [7, 11) is -9.83. The SMILES string of the molecule is CC/C=C\C/C=C\C/C=C\C/C=C\C/C=C\C/C=C\CCCCC(=O)OC(COC(=O)CCCCCCCCCCCCCCC/C=C\C/C=C\C/C=C\C/C=C\C/C=C\CC)COP(=O)(O)OCC(O)COP(=O)(O)OCC(O)COC(=O)CCCCCCCCCCCCCCCCCCCCC/C=C\C/C=C\C/C=C\C/C=C\C/C=C\CC. The van der Waals surface area contributed by atoms with Crippen LogP contribution in [-0.2, 0) is 55.8 Å². The third-order valence-electron chi connectivity index (χ3n) is 19.8. The number of phosphoric ester groups is 2. The highest BCUT2D eigenvalue weighted by atomic mass is 31.2. The van der Waals surface area contributed by atoms with Crippen molar-refractivity contribution in [3.05, 3.63) is 194 Å². The van der Waals surface area contributed by atoms with Gasteiger partial charge < -0.3 is 34.2 Å². The third-order valence-corrected chi connectivity index (χ3v) is 21.7. The lowest BCUT2D eigenvalue weighted by molar-refractivity contribution is -0.161. The van der Waals surface area contributed by atoms with Gasteiger partial charge in [0.25, 0.3) is 0 Å². The number of phosphoric acid groups is 2. The number of carbonyl (C=O) groups is 3. The first-order valence-corrected chi connectivity index (χ1v) is 50.7. The molecule has 4 N–H and O–H groups in total. The van der Waals surface area contributed by atoms with Gasteiger partial charge in [-0.05, 0) is 161 Å². The van der Waals surface area contributed by atoms with Crippen molar-refractivity contribution in [2.45, 2.75) is 399 Å². The molecule has 16 nitrogen and oxygen atoms in total. The Kier molecular flexibility index (Phi) is 89.2. The van der Waals surface area contributed by atoms with E-state index in [1.807, 2.05) is 0 Å². The summed E-state index contributed by atoms with van der Waals surface area (Å²) in [5.41, 5.74) is 0. The van der Waals surface area contributed by atoms with Gasteiger partial charge in [0.1, 0.15) is 25.4 Å². The smallest absolute Gasteiger partial charge is 0.463 e. The molecule has 0 saturated carbocycles. The average molecular weight is 1730 g/mol. The number of unbranched alkanes of at least 4 members (excludes halogenated alkanes) is 34. The third kappa shape index (κ3) is 94.9. The summed E-state index contributed by atoms with van der Waals surface area (Å²) in [6.07, 6.45) is 125. The molecule has 0 bridgehead atoms. The number of esters is 3. The summed E-state index contributed by atoms with van der Waals surface area (Å²) in [6, 6.07) is 0. The van der Waals surface area contributed by atoms with Crippen molar-refractivity contribution in [2.24, 2.45) is 0 Å². The molecule has 0 aliphatic heterocycles. The van der Waals surface area contributed by atoms with Crippen LogP contribution in [0.3, 0.4) is 0 Å². The summed E-state index contributed by atoms with van der Waals surface area (Å²) >= 11 is 0. The molecule has 0 fully saturated rings. The van der Waals surface area contributed by atoms with E-state index in [0.29, 0.717) is 25.7 Å². The van der Waals surface area contributed by atoms with Crippen molar-refractivity contribution in [1.82, 2.24) is 0 Å². The van der Waals surface area contributed by atoms with Gasteiger partial charge in [-0.15, -0.1) is 0 Å². The van der Waals surface area contributed by atoms with Crippen LogP contribution in [0.1, 0.15) is 380 Å². The maximum absolute atomic E-state index is 13.1. The fourth-order valence-electron chi connectivity index (χ4n) is 12.7. The average Bonchev–Trinajstić information content (AvgIpc) is 0.952. The van der Waals surface area contributed by atoms with E-state index < -0.39 is 91.5 Å². The minimum atomic E-state index is -4.96. The standard InChI is InChI=1S/C103H172O16P2/c1-4-7-10-13-16-19-22-25-28-31-34-37-39-41-43-45-46-47-48-49-50-52-54-55-57-60-62-65-68-71-74-77-80-83-86-89-101(106)113-92-98(104)93-115-120(109,110)116-94-99(105)95-117-121(111,112)118-97-100(119-103(108)91-88-85-82-79-76-73-70-67-64-59-36-33-30-27-24-21-18-15-12-9-6-3)96-114-102(107)90-87-84-81-78-75-72-69-66-63-61-58-56-53-51-44-42-40-38-35-32-29-26-23-20-17-14-11-8-5-2/h7-12,16-21,25-30,34-38,41-44,59,67,70,76,79,98-100,104-105H,4-6,13-15,22-24,31-33,39-40,45-58,60-66,68-69,71-75,77-78,80-97H2,1-3H3,(H,109,110)(H,111,112)/b10-7-,11-8-,12-9-,19-16-,20-17-,21-18-,28-25-,29-26-,30-27-,37-34-,38-35-,43-41-,44-42-,59-36-,70-67-,79-76-. The summed E-state index contributed by atoms with van der Waals surface area (Å²) in [5, 5.41) is 20.8. The van der Waals surface area contributed by atoms with Crippen molar-refractivity contribution in [3.63, 3.8) is 0 Å². The fraction of sp³-hybridized carbons (Fsp3) is 0.660. The number of hydrogen-bond acceptors (Lipinski definition) is 14. The normalized spacial score (nSPS) is 14.6. The summed E-state index contributed by atoms with van der Waals surface area (Å²) in [5.74, 6) is -1.62. The molecule has 0 rings (SSSR count). The van der Waals surface area contributed by atoms with Crippen molar-refractivity contribution in [1.29, 1.82) is 0 Å². The van der Waals surface area contributed by atoms with Gasteiger partial charge in [0.15, 0.2) is 6.10 Å². The summed E-state index contributed by atoms with van der Waals surface area (Å²) < 4.78 is 61.5. The van der Waals surface area contributed by atoms with E-state index in [4.69, 9.17) is 32.3 Å². The quantitative estimate of drug-likeness (QED) is 0.0146. The van der Waals surface area contributed by atoms with Crippen LogP contribution in [0.2, 0.25) is 0 Å². The maximum Gasteiger partial charge on any atom is 0.472 e. The lowest BCUT2D eigenvalue weighted by Gasteiger charge is -2.21. The first-order valence-electron chi connectivity index (χ1n) is 47.7. The Morgan fingerprint density at radius 2 is 0.413 bits per heavy atom. The molecular formula is C103H172O16P2. The Hall–Kier alpha value is -5.61. The molecule has 0 aromatic carbocycles. The molecule has 18 heteroatoms. The lowest BCUT2D eigenvalue weighted by Crippen LogP contribution is -2.30. The molecule has 690 valence electrons. The highest BCUT2D eigenvalue weighted by Crippen LogP contribution is 2.45. The summed E-state index contributed by atoms with van der Waals surface area (Å²) in [6.45, 7) is 2.33. The molecule has 0 saturated heterocycles. The van der Waals surface area contributed by atoms with E-state index in [1.165, 1.54) is 154 Å². The van der Waals surface area contributed by atoms with E-state index >= 15 is 0 Å². The van der Waals surface area contributed by atoms with Crippen LogP contribution in [0.25, 0.3) is 0 Å². The first kappa shape index (κ1) is 115. The number of hydrogen-bond donors (Lipinski definition) is 4. The molecule has 5 atom stereocenters. The van der Waals surface area contributed by atoms with Crippen LogP contribution in [0.4, 0.5) is 0 Å². The Bertz CT molecular complexity index is 2980. The van der Waals surface area contributed by atoms with E-state index in [1.54, 1.807) is 0 Å². The second-order valence-corrected chi connectivity index (χ2v) is 34.3. The van der Waals surface area contributed by atoms with Gasteiger partial charge in [-0.2, -0.15) is 0 Å². The monoisotopic (exact) mass is 1730 g/mol. The van der Waals surface area contributed by atoms with Crippen LogP contribution < -0.4 is 0 Å². The molecule has 0 aromatic heterocycles.